The van der Waals surface area contributed by atoms with Crippen LogP contribution in [0.3, 0.4) is 0 Å². The third-order valence-electron chi connectivity index (χ3n) is 5.23. The number of nitrogens with zero attached hydrogens (tertiary/aromatic N) is 4. The van der Waals surface area contributed by atoms with Crippen LogP contribution in [0.15, 0.2) is 54.7 Å². The molecule has 0 bridgehead atoms. The summed E-state index contributed by atoms with van der Waals surface area (Å²) in [6.07, 6.45) is 4.27. The normalized spacial score (nSPS) is 14.5. The second-order valence-corrected chi connectivity index (χ2v) is 8.23. The van der Waals surface area contributed by atoms with Crippen molar-refractivity contribution in [2.75, 3.05) is 18.4 Å². The molecule has 1 aliphatic rings. The first-order valence-electron chi connectivity index (χ1n) is 10.1. The second kappa shape index (κ2) is 9.58. The Bertz CT molecular complexity index is 985. The lowest BCUT2D eigenvalue weighted by atomic mass is 9.95. The highest BCUT2D eigenvalue weighted by Gasteiger charge is 2.27. The molecule has 1 aliphatic heterocycles. The smallest absolute Gasteiger partial charge is 0.229 e. The molecule has 1 saturated heterocycles. The van der Waals surface area contributed by atoms with Gasteiger partial charge < -0.3 is 10.2 Å². The number of benzene rings is 1. The Hall–Kier alpha value is -3.13. The lowest BCUT2D eigenvalue weighted by Crippen LogP contribution is -2.41. The van der Waals surface area contributed by atoms with E-state index in [0.717, 1.165) is 12.1 Å². The summed E-state index contributed by atoms with van der Waals surface area (Å²) in [5.41, 5.74) is 1.90. The van der Waals surface area contributed by atoms with Crippen LogP contribution in [-0.2, 0) is 16.0 Å². The summed E-state index contributed by atoms with van der Waals surface area (Å²) in [4.78, 5) is 31.2. The fourth-order valence-electron chi connectivity index (χ4n) is 3.52. The quantitative estimate of drug-likeness (QED) is 0.659. The molecule has 2 amide bonds. The van der Waals surface area contributed by atoms with E-state index < -0.39 is 0 Å². The largest absolute Gasteiger partial charge is 0.343 e. The van der Waals surface area contributed by atoms with Crippen LogP contribution < -0.4 is 5.32 Å². The first-order valence-corrected chi connectivity index (χ1v) is 10.9. The molecule has 30 heavy (non-hydrogen) atoms. The van der Waals surface area contributed by atoms with Crippen LogP contribution in [0.25, 0.3) is 10.7 Å². The van der Waals surface area contributed by atoms with Crippen LogP contribution in [-0.4, -0.2) is 45.0 Å². The van der Waals surface area contributed by atoms with Crippen molar-refractivity contribution < 1.29 is 9.59 Å². The van der Waals surface area contributed by atoms with E-state index in [0.29, 0.717) is 42.5 Å². The van der Waals surface area contributed by atoms with Gasteiger partial charge in [0.25, 0.3) is 0 Å². The number of piperidine rings is 1. The van der Waals surface area contributed by atoms with Gasteiger partial charge in [-0.15, -0.1) is 10.2 Å². The average molecular weight is 422 g/mol. The molecule has 1 fully saturated rings. The van der Waals surface area contributed by atoms with Crippen LogP contribution in [0.5, 0.6) is 0 Å². The fourth-order valence-corrected chi connectivity index (χ4v) is 4.24. The third kappa shape index (κ3) is 5.07. The van der Waals surface area contributed by atoms with Crippen molar-refractivity contribution in [2.45, 2.75) is 25.7 Å². The number of carbonyl (C=O) groups is 2. The van der Waals surface area contributed by atoms with Crippen molar-refractivity contribution in [3.63, 3.8) is 0 Å². The molecule has 4 rings (SSSR count). The minimum atomic E-state index is -0.120. The number of aryl methyl sites for hydroxylation is 1. The van der Waals surface area contributed by atoms with Crippen LogP contribution in [0.2, 0.25) is 0 Å². The van der Waals surface area contributed by atoms with E-state index in [1.165, 1.54) is 16.9 Å². The van der Waals surface area contributed by atoms with Crippen molar-refractivity contribution in [1.29, 1.82) is 0 Å². The van der Waals surface area contributed by atoms with Gasteiger partial charge in [-0.2, -0.15) is 0 Å². The second-order valence-electron chi connectivity index (χ2n) is 7.26. The van der Waals surface area contributed by atoms with E-state index in [1.54, 1.807) is 6.20 Å². The molecule has 0 atom stereocenters. The zero-order chi connectivity index (χ0) is 20.8. The summed E-state index contributed by atoms with van der Waals surface area (Å²) < 4.78 is 0. The topological polar surface area (TPSA) is 88.1 Å². The van der Waals surface area contributed by atoms with Crippen molar-refractivity contribution in [1.82, 2.24) is 20.1 Å². The Kier molecular flexibility index (Phi) is 6.44. The maximum atomic E-state index is 12.6. The first-order chi connectivity index (χ1) is 14.7. The molecule has 1 N–H and O–H groups in total. The highest BCUT2D eigenvalue weighted by molar-refractivity contribution is 7.18. The van der Waals surface area contributed by atoms with Crippen LogP contribution in [0.4, 0.5) is 5.13 Å². The van der Waals surface area contributed by atoms with Gasteiger partial charge in [-0.1, -0.05) is 47.7 Å². The van der Waals surface area contributed by atoms with Gasteiger partial charge in [0, 0.05) is 31.6 Å². The predicted molar refractivity (Wildman–Crippen MR) is 116 cm³/mol. The van der Waals surface area contributed by atoms with Crippen molar-refractivity contribution in [3.05, 3.63) is 60.3 Å². The van der Waals surface area contributed by atoms with Gasteiger partial charge in [0.1, 0.15) is 5.69 Å². The molecular formula is C22H23N5O2S. The number of pyridine rings is 1. The Labute approximate surface area is 179 Å². The SMILES string of the molecule is O=C(Nc1nnc(-c2ccccn2)s1)C1CCN(C(=O)CCc2ccccc2)CC1. The number of likely N-dealkylation sites (tertiary alicyclic amines) is 1. The lowest BCUT2D eigenvalue weighted by molar-refractivity contribution is -0.134. The molecule has 3 aromatic rings. The van der Waals surface area contributed by atoms with E-state index >= 15 is 0 Å². The summed E-state index contributed by atoms with van der Waals surface area (Å²) in [5.74, 6) is -0.0256. The fraction of sp³-hybridized carbons (Fsp3) is 0.318. The Balaban J connectivity index is 1.24. The predicted octanol–water partition coefficient (Wildman–Crippen LogP) is 3.41. The number of nitrogens with one attached hydrogen (secondary N) is 1. The lowest BCUT2D eigenvalue weighted by Gasteiger charge is -2.31. The van der Waals surface area contributed by atoms with Gasteiger partial charge in [0.05, 0.1) is 0 Å². The van der Waals surface area contributed by atoms with E-state index in [-0.39, 0.29) is 17.7 Å². The molecule has 7 nitrogen and oxygen atoms in total. The van der Waals surface area contributed by atoms with Gasteiger partial charge in [-0.3, -0.25) is 14.6 Å². The monoisotopic (exact) mass is 421 g/mol. The first kappa shape index (κ1) is 20.2. The average Bonchev–Trinajstić information content (AvgIpc) is 3.27. The van der Waals surface area contributed by atoms with Gasteiger partial charge in [-0.25, -0.2) is 0 Å². The molecule has 8 heteroatoms. The molecule has 0 aliphatic carbocycles. The molecular weight excluding hydrogens is 398 g/mol. The number of aromatic nitrogens is 3. The molecule has 2 aromatic heterocycles. The molecule has 0 radical (unpaired) electrons. The number of anilines is 1. The maximum Gasteiger partial charge on any atom is 0.229 e. The van der Waals surface area contributed by atoms with E-state index in [1.807, 2.05) is 53.4 Å². The zero-order valence-corrected chi connectivity index (χ0v) is 17.3. The Morgan fingerprint density at radius 2 is 1.80 bits per heavy atom. The maximum absolute atomic E-state index is 12.6. The minimum absolute atomic E-state index is 0.0601. The standard InChI is InChI=1S/C22H23N5O2S/c28-19(10-9-16-6-2-1-3-7-16)27-14-11-17(12-15-27)20(29)24-22-26-25-21(30-22)18-8-4-5-13-23-18/h1-8,13,17H,9-12,14-15H2,(H,24,26,29). The number of amides is 2. The third-order valence-corrected chi connectivity index (χ3v) is 6.09. The number of hydrogen-bond donors (Lipinski definition) is 1. The molecule has 154 valence electrons. The van der Waals surface area contributed by atoms with E-state index in [2.05, 4.69) is 20.5 Å². The van der Waals surface area contributed by atoms with Gasteiger partial charge in [-0.05, 0) is 37.0 Å². The molecule has 0 saturated carbocycles. The highest BCUT2D eigenvalue weighted by Crippen LogP contribution is 2.26. The van der Waals surface area contributed by atoms with E-state index in [4.69, 9.17) is 0 Å². The summed E-state index contributed by atoms with van der Waals surface area (Å²) in [7, 11) is 0. The number of rotatable bonds is 6. The van der Waals surface area contributed by atoms with Crippen LogP contribution >= 0.6 is 11.3 Å². The van der Waals surface area contributed by atoms with Crippen LogP contribution in [0.1, 0.15) is 24.8 Å². The van der Waals surface area contributed by atoms with Gasteiger partial charge >= 0.3 is 0 Å². The summed E-state index contributed by atoms with van der Waals surface area (Å²) >= 11 is 1.31. The van der Waals surface area contributed by atoms with Crippen LogP contribution in [0, 0.1) is 5.92 Å². The minimum Gasteiger partial charge on any atom is -0.343 e. The summed E-state index contributed by atoms with van der Waals surface area (Å²) in [5, 5.41) is 12.2. The number of carbonyl (C=O) groups excluding carboxylic acids is 2. The van der Waals surface area contributed by atoms with Crippen molar-refractivity contribution in [3.8, 4) is 10.7 Å². The molecule has 0 unspecified atom stereocenters. The molecule has 0 spiro atoms. The zero-order valence-electron chi connectivity index (χ0n) is 16.5. The summed E-state index contributed by atoms with van der Waals surface area (Å²) in [6, 6.07) is 15.6. The number of hydrogen-bond acceptors (Lipinski definition) is 6. The van der Waals surface area contributed by atoms with Crippen molar-refractivity contribution >= 4 is 28.3 Å². The summed E-state index contributed by atoms with van der Waals surface area (Å²) in [6.45, 7) is 1.22. The highest BCUT2D eigenvalue weighted by atomic mass is 32.1. The Morgan fingerprint density at radius 1 is 1.03 bits per heavy atom. The Morgan fingerprint density at radius 3 is 2.53 bits per heavy atom. The van der Waals surface area contributed by atoms with Gasteiger partial charge in [0.2, 0.25) is 16.9 Å². The molecule has 1 aromatic carbocycles. The van der Waals surface area contributed by atoms with Crippen molar-refractivity contribution in [2.24, 2.45) is 5.92 Å². The molecule has 3 heterocycles. The van der Waals surface area contributed by atoms with E-state index in [9.17, 15) is 9.59 Å². The van der Waals surface area contributed by atoms with Gasteiger partial charge in [0.15, 0.2) is 5.01 Å².